The number of anilines is 2. The minimum absolute atomic E-state index is 0.0571. The molecule has 3 rings (SSSR count). The summed E-state index contributed by atoms with van der Waals surface area (Å²) < 4.78 is 32.5. The van der Waals surface area contributed by atoms with Gasteiger partial charge in [-0.2, -0.15) is 0 Å². The molecule has 0 radical (unpaired) electrons. The molecule has 31 heavy (non-hydrogen) atoms. The van der Waals surface area contributed by atoms with Gasteiger partial charge in [0, 0.05) is 24.7 Å². The summed E-state index contributed by atoms with van der Waals surface area (Å²) in [7, 11) is -3.73. The van der Waals surface area contributed by atoms with Crippen LogP contribution in [0.5, 0.6) is 0 Å². The molecule has 9 nitrogen and oxygen atoms in total. The molecule has 0 fully saturated rings. The van der Waals surface area contributed by atoms with Gasteiger partial charge in [-0.1, -0.05) is 17.3 Å². The van der Waals surface area contributed by atoms with Gasteiger partial charge in [0.1, 0.15) is 11.4 Å². The van der Waals surface area contributed by atoms with E-state index in [0.717, 1.165) is 0 Å². The smallest absolute Gasteiger partial charge is 0.255 e. The van der Waals surface area contributed by atoms with Crippen LogP contribution in [0, 0.1) is 13.8 Å². The summed E-state index contributed by atoms with van der Waals surface area (Å²) in [6.45, 7) is 4.87. The first-order chi connectivity index (χ1) is 14.7. The second kappa shape index (κ2) is 9.11. The number of hydrogen-bond acceptors (Lipinski definition) is 6. The Morgan fingerprint density at radius 2 is 1.61 bits per heavy atom. The largest absolute Gasteiger partial charge is 0.359 e. The van der Waals surface area contributed by atoms with Crippen LogP contribution in [0.4, 0.5) is 11.4 Å². The zero-order valence-corrected chi connectivity index (χ0v) is 18.0. The second-order valence-corrected chi connectivity index (χ2v) is 8.65. The quantitative estimate of drug-likeness (QED) is 0.516. The van der Waals surface area contributed by atoms with E-state index in [1.54, 1.807) is 38.1 Å². The SMILES string of the molecule is CC(=O)Nc1ccc(S(=O)(=O)NCc2ccc(C(=O)Nc3c(C)noc3C)cc2)cc1. The van der Waals surface area contributed by atoms with E-state index in [9.17, 15) is 18.0 Å². The van der Waals surface area contributed by atoms with Crippen molar-refractivity contribution in [3.8, 4) is 0 Å². The molecule has 0 saturated heterocycles. The van der Waals surface area contributed by atoms with Crippen molar-refractivity contribution in [1.82, 2.24) is 9.88 Å². The maximum atomic E-state index is 12.5. The van der Waals surface area contributed by atoms with E-state index in [2.05, 4.69) is 20.5 Å². The average molecular weight is 442 g/mol. The summed E-state index contributed by atoms with van der Waals surface area (Å²) >= 11 is 0. The molecule has 0 saturated carbocycles. The Hall–Kier alpha value is -3.50. The monoisotopic (exact) mass is 442 g/mol. The fourth-order valence-electron chi connectivity index (χ4n) is 2.80. The maximum absolute atomic E-state index is 12.5. The molecule has 2 amide bonds. The van der Waals surface area contributed by atoms with E-state index in [1.807, 2.05) is 0 Å². The normalized spacial score (nSPS) is 11.2. The van der Waals surface area contributed by atoms with E-state index in [-0.39, 0.29) is 23.3 Å². The number of aryl methyl sites for hydroxylation is 2. The van der Waals surface area contributed by atoms with Gasteiger partial charge in [0.2, 0.25) is 15.9 Å². The van der Waals surface area contributed by atoms with Crippen LogP contribution in [-0.2, 0) is 21.4 Å². The molecule has 0 atom stereocenters. The highest BCUT2D eigenvalue weighted by atomic mass is 32.2. The van der Waals surface area contributed by atoms with Crippen LogP contribution in [0.1, 0.15) is 34.3 Å². The minimum Gasteiger partial charge on any atom is -0.359 e. The third-order valence-corrected chi connectivity index (χ3v) is 5.86. The van der Waals surface area contributed by atoms with E-state index < -0.39 is 10.0 Å². The molecule has 162 valence electrons. The lowest BCUT2D eigenvalue weighted by atomic mass is 10.1. The number of amides is 2. The Bertz CT molecular complexity index is 1180. The molecule has 0 aliphatic rings. The third kappa shape index (κ3) is 5.56. The van der Waals surface area contributed by atoms with E-state index in [0.29, 0.717) is 34.0 Å². The summed E-state index contributed by atoms with van der Waals surface area (Å²) in [5.74, 6) is -0.0414. The minimum atomic E-state index is -3.73. The Labute approximate surface area is 179 Å². The fraction of sp³-hybridized carbons (Fsp3) is 0.190. The highest BCUT2D eigenvalue weighted by molar-refractivity contribution is 7.89. The predicted molar refractivity (Wildman–Crippen MR) is 115 cm³/mol. The van der Waals surface area contributed by atoms with Gasteiger partial charge in [-0.15, -0.1) is 0 Å². The fourth-order valence-corrected chi connectivity index (χ4v) is 3.82. The number of carbonyl (C=O) groups is 2. The number of aromatic nitrogens is 1. The number of benzene rings is 2. The molecule has 3 N–H and O–H groups in total. The zero-order chi connectivity index (χ0) is 22.6. The van der Waals surface area contributed by atoms with Gasteiger partial charge in [-0.3, -0.25) is 9.59 Å². The van der Waals surface area contributed by atoms with Crippen molar-refractivity contribution in [2.75, 3.05) is 10.6 Å². The van der Waals surface area contributed by atoms with Crippen LogP contribution in [0.15, 0.2) is 57.9 Å². The summed E-state index contributed by atoms with van der Waals surface area (Å²) in [6, 6.07) is 12.4. The lowest BCUT2D eigenvalue weighted by molar-refractivity contribution is -0.114. The molecule has 2 aromatic carbocycles. The number of sulfonamides is 1. The van der Waals surface area contributed by atoms with Crippen LogP contribution in [0.3, 0.4) is 0 Å². The van der Waals surface area contributed by atoms with Crippen molar-refractivity contribution >= 4 is 33.2 Å². The van der Waals surface area contributed by atoms with Gasteiger partial charge in [0.25, 0.3) is 5.91 Å². The van der Waals surface area contributed by atoms with Crippen LogP contribution in [0.25, 0.3) is 0 Å². The van der Waals surface area contributed by atoms with Gasteiger partial charge in [0.15, 0.2) is 5.76 Å². The molecule has 1 aromatic heterocycles. The van der Waals surface area contributed by atoms with Crippen LogP contribution in [0.2, 0.25) is 0 Å². The highest BCUT2D eigenvalue weighted by Gasteiger charge is 2.15. The van der Waals surface area contributed by atoms with Crippen LogP contribution in [-0.4, -0.2) is 25.4 Å². The van der Waals surface area contributed by atoms with Gasteiger partial charge in [-0.25, -0.2) is 13.1 Å². The lowest BCUT2D eigenvalue weighted by Gasteiger charge is -2.09. The first kappa shape index (κ1) is 22.2. The van der Waals surface area contributed by atoms with Crippen molar-refractivity contribution in [2.24, 2.45) is 0 Å². The molecule has 0 bridgehead atoms. The highest BCUT2D eigenvalue weighted by Crippen LogP contribution is 2.20. The molecule has 1 heterocycles. The van der Waals surface area contributed by atoms with Crippen molar-refractivity contribution in [2.45, 2.75) is 32.2 Å². The van der Waals surface area contributed by atoms with Gasteiger partial charge in [-0.05, 0) is 55.8 Å². The number of carbonyl (C=O) groups excluding carboxylic acids is 2. The van der Waals surface area contributed by atoms with Crippen LogP contribution >= 0.6 is 0 Å². The first-order valence-electron chi connectivity index (χ1n) is 9.36. The average Bonchev–Trinajstić information content (AvgIpc) is 3.04. The molecule has 0 aliphatic heterocycles. The second-order valence-electron chi connectivity index (χ2n) is 6.88. The molecule has 3 aromatic rings. The molecule has 0 unspecified atom stereocenters. The standard InChI is InChI=1S/C21H22N4O5S/c1-13-20(14(2)30-25-13)24-21(27)17-6-4-16(5-7-17)12-22-31(28,29)19-10-8-18(9-11-19)23-15(3)26/h4-11,22H,12H2,1-3H3,(H,23,26)(H,24,27). The van der Waals surface area contributed by atoms with Crippen molar-refractivity contribution in [3.63, 3.8) is 0 Å². The van der Waals surface area contributed by atoms with E-state index in [1.165, 1.54) is 31.2 Å². The molecule has 0 spiro atoms. The number of nitrogens with zero attached hydrogens (tertiary/aromatic N) is 1. The summed E-state index contributed by atoms with van der Waals surface area (Å²) in [6.07, 6.45) is 0. The number of rotatable bonds is 7. The van der Waals surface area contributed by atoms with Gasteiger partial charge < -0.3 is 15.2 Å². The first-order valence-corrected chi connectivity index (χ1v) is 10.8. The van der Waals surface area contributed by atoms with E-state index >= 15 is 0 Å². The van der Waals surface area contributed by atoms with Gasteiger partial charge in [0.05, 0.1) is 4.90 Å². The summed E-state index contributed by atoms with van der Waals surface area (Å²) in [5.41, 5.74) is 2.73. The predicted octanol–water partition coefficient (Wildman–Crippen LogP) is 2.98. The van der Waals surface area contributed by atoms with Crippen molar-refractivity contribution in [3.05, 3.63) is 71.1 Å². The zero-order valence-electron chi connectivity index (χ0n) is 17.2. The summed E-state index contributed by atoms with van der Waals surface area (Å²) in [5, 5.41) is 9.13. The molecular formula is C21H22N4O5S. The van der Waals surface area contributed by atoms with E-state index in [4.69, 9.17) is 4.52 Å². The summed E-state index contributed by atoms with van der Waals surface area (Å²) in [4.78, 5) is 23.5. The third-order valence-electron chi connectivity index (χ3n) is 4.44. The Morgan fingerprint density at radius 3 is 2.16 bits per heavy atom. The lowest BCUT2D eigenvalue weighted by Crippen LogP contribution is -2.23. The number of hydrogen-bond donors (Lipinski definition) is 3. The van der Waals surface area contributed by atoms with Gasteiger partial charge >= 0.3 is 0 Å². The Morgan fingerprint density at radius 1 is 0.968 bits per heavy atom. The topological polar surface area (TPSA) is 130 Å². The Balaban J connectivity index is 1.61. The Kier molecular flexibility index (Phi) is 6.52. The van der Waals surface area contributed by atoms with Crippen molar-refractivity contribution < 1.29 is 22.5 Å². The molecule has 10 heteroatoms. The maximum Gasteiger partial charge on any atom is 0.255 e. The van der Waals surface area contributed by atoms with Crippen LogP contribution < -0.4 is 15.4 Å². The van der Waals surface area contributed by atoms with Crippen molar-refractivity contribution in [1.29, 1.82) is 0 Å². The molecule has 0 aliphatic carbocycles. The molecular weight excluding hydrogens is 420 g/mol. The number of nitrogens with one attached hydrogen (secondary N) is 3.